The van der Waals surface area contributed by atoms with Crippen LogP contribution >= 0.6 is 0 Å². The van der Waals surface area contributed by atoms with Crippen LogP contribution in [0.3, 0.4) is 0 Å². The van der Waals surface area contributed by atoms with Gasteiger partial charge in [0.05, 0.1) is 18.4 Å². The van der Waals surface area contributed by atoms with Crippen molar-refractivity contribution in [2.75, 3.05) is 26.7 Å². The van der Waals surface area contributed by atoms with Gasteiger partial charge in [-0.25, -0.2) is 5.01 Å². The number of hydrogen-bond donors (Lipinski definition) is 1. The molecule has 0 amide bonds. The van der Waals surface area contributed by atoms with Crippen molar-refractivity contribution in [1.29, 1.82) is 0 Å². The summed E-state index contributed by atoms with van der Waals surface area (Å²) in [5.74, 6) is 1.93. The summed E-state index contributed by atoms with van der Waals surface area (Å²) in [6.07, 6.45) is 2.48. The molecule has 152 valence electrons. The first-order chi connectivity index (χ1) is 14.1. The Morgan fingerprint density at radius 3 is 2.72 bits per heavy atom. The van der Waals surface area contributed by atoms with E-state index >= 15 is 0 Å². The van der Waals surface area contributed by atoms with Gasteiger partial charge in [-0.1, -0.05) is 24.3 Å². The highest BCUT2D eigenvalue weighted by molar-refractivity contribution is 6.04. The third kappa shape index (κ3) is 2.94. The second-order valence-corrected chi connectivity index (χ2v) is 8.09. The molecule has 1 fully saturated rings. The van der Waals surface area contributed by atoms with Crippen LogP contribution in [0.1, 0.15) is 43.4 Å². The standard InChI is InChI=1S/C23H27N3O3/c1-3-28-21-10-6-8-17-19-15-18(16-7-4-5-9-20(16)27)24-26(19)23(29-22(17)21)11-13-25(2)14-12-23/h4-10,19,27H,3,11-15H2,1-2H3/t19-/m1/s1. The lowest BCUT2D eigenvalue weighted by molar-refractivity contribution is -0.148. The largest absolute Gasteiger partial charge is 0.507 e. The number of hydrogen-bond acceptors (Lipinski definition) is 6. The third-order valence-electron chi connectivity index (χ3n) is 6.27. The molecule has 0 unspecified atom stereocenters. The highest BCUT2D eigenvalue weighted by atomic mass is 16.6. The molecule has 1 saturated heterocycles. The Labute approximate surface area is 171 Å². The Morgan fingerprint density at radius 2 is 1.97 bits per heavy atom. The number of rotatable bonds is 3. The molecule has 29 heavy (non-hydrogen) atoms. The normalized spacial score (nSPS) is 22.6. The van der Waals surface area contributed by atoms with E-state index in [1.807, 2.05) is 37.3 Å². The van der Waals surface area contributed by atoms with Gasteiger partial charge in [0.25, 0.3) is 0 Å². The molecule has 3 aliphatic rings. The van der Waals surface area contributed by atoms with Gasteiger partial charge in [-0.05, 0) is 32.2 Å². The second-order valence-electron chi connectivity index (χ2n) is 8.09. The molecule has 0 saturated carbocycles. The van der Waals surface area contributed by atoms with Gasteiger partial charge in [-0.2, -0.15) is 5.10 Å². The van der Waals surface area contributed by atoms with Crippen LogP contribution in [-0.4, -0.2) is 53.2 Å². The molecule has 3 heterocycles. The van der Waals surface area contributed by atoms with Crippen LogP contribution < -0.4 is 9.47 Å². The predicted molar refractivity (Wildman–Crippen MR) is 112 cm³/mol. The monoisotopic (exact) mass is 393 g/mol. The van der Waals surface area contributed by atoms with Gasteiger partial charge < -0.3 is 19.5 Å². The number of ether oxygens (including phenoxy) is 2. The van der Waals surface area contributed by atoms with Crippen LogP contribution in [0.25, 0.3) is 0 Å². The van der Waals surface area contributed by atoms with E-state index in [0.29, 0.717) is 6.61 Å². The van der Waals surface area contributed by atoms with Crippen LogP contribution in [0.2, 0.25) is 0 Å². The van der Waals surface area contributed by atoms with Gasteiger partial charge in [0, 0.05) is 43.5 Å². The summed E-state index contributed by atoms with van der Waals surface area (Å²) in [6.45, 7) is 4.51. The van der Waals surface area contributed by atoms with Crippen molar-refractivity contribution in [3.63, 3.8) is 0 Å². The first-order valence-electron chi connectivity index (χ1n) is 10.4. The summed E-state index contributed by atoms with van der Waals surface area (Å²) in [5, 5.41) is 17.6. The summed E-state index contributed by atoms with van der Waals surface area (Å²) in [4.78, 5) is 2.33. The molecule has 0 bridgehead atoms. The number of fused-ring (bicyclic) bond motifs is 4. The molecule has 0 aromatic heterocycles. The molecule has 1 spiro atoms. The molecule has 0 aliphatic carbocycles. The smallest absolute Gasteiger partial charge is 0.200 e. The lowest BCUT2D eigenvalue weighted by atomic mass is 9.90. The highest BCUT2D eigenvalue weighted by Crippen LogP contribution is 2.52. The van der Waals surface area contributed by atoms with E-state index in [0.717, 1.165) is 60.7 Å². The van der Waals surface area contributed by atoms with Gasteiger partial charge in [0.15, 0.2) is 11.5 Å². The Bertz CT molecular complexity index is 950. The summed E-state index contributed by atoms with van der Waals surface area (Å²) in [5.41, 5.74) is 2.33. The maximum absolute atomic E-state index is 10.4. The van der Waals surface area contributed by atoms with E-state index in [1.165, 1.54) is 0 Å². The number of aromatic hydroxyl groups is 1. The number of phenolic OH excluding ortho intramolecular Hbond substituents is 1. The molecule has 6 nitrogen and oxygen atoms in total. The molecule has 6 heteroatoms. The molecule has 2 aromatic rings. The van der Waals surface area contributed by atoms with Gasteiger partial charge in [0.2, 0.25) is 5.72 Å². The van der Waals surface area contributed by atoms with Crippen molar-refractivity contribution in [2.45, 2.75) is 38.0 Å². The summed E-state index contributed by atoms with van der Waals surface area (Å²) >= 11 is 0. The van der Waals surface area contributed by atoms with Crippen molar-refractivity contribution in [2.24, 2.45) is 5.10 Å². The van der Waals surface area contributed by atoms with E-state index in [1.54, 1.807) is 6.07 Å². The lowest BCUT2D eigenvalue weighted by Gasteiger charge is -2.51. The van der Waals surface area contributed by atoms with Gasteiger partial charge in [0.1, 0.15) is 5.75 Å². The van der Waals surface area contributed by atoms with Gasteiger partial charge in [-0.3, -0.25) is 0 Å². The molecular weight excluding hydrogens is 366 g/mol. The maximum Gasteiger partial charge on any atom is 0.200 e. The number of likely N-dealkylation sites (tertiary alicyclic amines) is 1. The van der Waals surface area contributed by atoms with Crippen LogP contribution in [0, 0.1) is 0 Å². The van der Waals surface area contributed by atoms with E-state index in [4.69, 9.17) is 14.6 Å². The van der Waals surface area contributed by atoms with Crippen molar-refractivity contribution < 1.29 is 14.6 Å². The van der Waals surface area contributed by atoms with Crippen molar-refractivity contribution in [3.8, 4) is 17.2 Å². The van der Waals surface area contributed by atoms with Crippen LogP contribution in [-0.2, 0) is 0 Å². The zero-order valence-corrected chi connectivity index (χ0v) is 17.0. The van der Waals surface area contributed by atoms with E-state index in [2.05, 4.69) is 23.0 Å². The van der Waals surface area contributed by atoms with Crippen molar-refractivity contribution in [1.82, 2.24) is 9.91 Å². The quantitative estimate of drug-likeness (QED) is 0.861. The third-order valence-corrected chi connectivity index (χ3v) is 6.27. The van der Waals surface area contributed by atoms with Crippen molar-refractivity contribution in [3.05, 3.63) is 53.6 Å². The topological polar surface area (TPSA) is 57.5 Å². The second kappa shape index (κ2) is 6.95. The van der Waals surface area contributed by atoms with Crippen molar-refractivity contribution >= 4 is 5.71 Å². The number of hydrazone groups is 1. The summed E-state index contributed by atoms with van der Waals surface area (Å²) in [7, 11) is 2.15. The molecular formula is C23H27N3O3. The van der Waals surface area contributed by atoms with Gasteiger partial charge >= 0.3 is 0 Å². The zero-order chi connectivity index (χ0) is 20.0. The number of phenols is 1. The summed E-state index contributed by atoms with van der Waals surface area (Å²) in [6, 6.07) is 13.6. The lowest BCUT2D eigenvalue weighted by Crippen LogP contribution is -2.58. The molecule has 1 atom stereocenters. The maximum atomic E-state index is 10.4. The molecule has 3 aliphatic heterocycles. The Kier molecular flexibility index (Phi) is 4.39. The zero-order valence-electron chi connectivity index (χ0n) is 17.0. The predicted octanol–water partition coefficient (Wildman–Crippen LogP) is 3.76. The number of piperidine rings is 1. The fraction of sp³-hybridized carbons (Fsp3) is 0.435. The average molecular weight is 393 g/mol. The van der Waals surface area contributed by atoms with E-state index < -0.39 is 5.72 Å². The average Bonchev–Trinajstić information content (AvgIpc) is 3.18. The first kappa shape index (κ1) is 18.3. The number of para-hydroxylation sites is 2. The SMILES string of the molecule is CCOc1cccc2c1OC1(CCN(C)CC1)N1N=C(c3ccccc3O)C[C@H]21. The van der Waals surface area contributed by atoms with Crippen LogP contribution in [0.4, 0.5) is 0 Å². The number of nitrogens with zero attached hydrogens (tertiary/aromatic N) is 3. The minimum atomic E-state index is -0.483. The van der Waals surface area contributed by atoms with E-state index in [-0.39, 0.29) is 11.8 Å². The first-order valence-corrected chi connectivity index (χ1v) is 10.4. The van der Waals surface area contributed by atoms with E-state index in [9.17, 15) is 5.11 Å². The Balaban J connectivity index is 1.61. The molecule has 0 radical (unpaired) electrons. The Morgan fingerprint density at radius 1 is 1.17 bits per heavy atom. The van der Waals surface area contributed by atoms with Gasteiger partial charge in [-0.15, -0.1) is 0 Å². The summed E-state index contributed by atoms with van der Waals surface area (Å²) < 4.78 is 12.6. The molecule has 5 rings (SSSR count). The molecule has 2 aromatic carbocycles. The van der Waals surface area contributed by atoms with Crippen LogP contribution in [0.15, 0.2) is 47.6 Å². The minimum Gasteiger partial charge on any atom is -0.507 e. The highest BCUT2D eigenvalue weighted by Gasteiger charge is 2.52. The fourth-order valence-electron chi connectivity index (χ4n) is 4.72. The van der Waals surface area contributed by atoms with Crippen LogP contribution in [0.5, 0.6) is 17.2 Å². The number of benzene rings is 2. The minimum absolute atomic E-state index is 0.0807. The fourth-order valence-corrected chi connectivity index (χ4v) is 4.72. The molecule has 1 N–H and O–H groups in total. The Hall–Kier alpha value is -2.73.